The van der Waals surface area contributed by atoms with Gasteiger partial charge >= 0.3 is 21.8 Å². The minimum absolute atomic E-state index is 0.192. The van der Waals surface area contributed by atoms with Crippen molar-refractivity contribution in [2.75, 3.05) is 0 Å². The molecule has 0 saturated heterocycles. The summed E-state index contributed by atoms with van der Waals surface area (Å²) < 4.78 is 95.1. The zero-order chi connectivity index (χ0) is 22.4. The Morgan fingerprint density at radius 1 is 1.04 bits per heavy atom. The average Bonchev–Trinajstić information content (AvgIpc) is 2.32. The largest absolute Gasteiger partial charge is 0.522 e. The number of halogens is 7. The molecule has 0 aromatic rings. The molecule has 0 aliphatic carbocycles. The minimum Gasteiger partial charge on any atom is -0.309 e. The number of ketones is 2. The van der Waals surface area contributed by atoms with E-state index in [1.54, 1.807) is 0 Å². The fourth-order valence-electron chi connectivity index (χ4n) is 1.33. The number of carbonyl (C=O) groups is 2. The molecular formula is C13H19F6IO5SSi. The van der Waals surface area contributed by atoms with Gasteiger partial charge in [0.15, 0.2) is 0 Å². The van der Waals surface area contributed by atoms with E-state index < -0.39 is 51.2 Å². The summed E-state index contributed by atoms with van der Waals surface area (Å²) in [4.78, 5) is 21.8. The highest BCUT2D eigenvalue weighted by atomic mass is 127. The summed E-state index contributed by atoms with van der Waals surface area (Å²) >= 11 is 1.14. The van der Waals surface area contributed by atoms with E-state index in [0.29, 0.717) is 0 Å². The summed E-state index contributed by atoms with van der Waals surface area (Å²) in [5.41, 5.74) is -5.31. The molecule has 0 rings (SSSR count). The van der Waals surface area contributed by atoms with E-state index in [-0.39, 0.29) is 6.42 Å². The standard InChI is InChI=1S/C9H10F3IO2.C4H9F3O3SSi/c1-5(14)7(6(2)15)3-4-8(13)9(10,11)12;1-12(2,3)10-11(8,9)4(5,6)7/h4,7H,3H2,1-2H3;1-3H3/b8-4-;. The summed E-state index contributed by atoms with van der Waals surface area (Å²) in [6.45, 7) is 6.46. The van der Waals surface area contributed by atoms with Crippen molar-refractivity contribution in [3.8, 4) is 0 Å². The third-order valence-corrected chi connectivity index (χ3v) is 6.92. The van der Waals surface area contributed by atoms with Gasteiger partial charge in [-0.2, -0.15) is 34.8 Å². The molecule has 0 aliphatic heterocycles. The number of allylic oxidation sites excluding steroid dienone is 2. The molecular weight excluding hydrogens is 537 g/mol. The van der Waals surface area contributed by atoms with E-state index in [4.69, 9.17) is 0 Å². The summed E-state index contributed by atoms with van der Waals surface area (Å²) in [5.74, 6) is -1.78. The van der Waals surface area contributed by atoms with Gasteiger partial charge in [-0.3, -0.25) is 9.59 Å². The molecule has 0 unspecified atom stereocenters. The van der Waals surface area contributed by atoms with Gasteiger partial charge in [-0.25, -0.2) is 0 Å². The van der Waals surface area contributed by atoms with Crippen LogP contribution in [0.5, 0.6) is 0 Å². The van der Waals surface area contributed by atoms with E-state index in [2.05, 4.69) is 3.87 Å². The molecule has 0 amide bonds. The van der Waals surface area contributed by atoms with Crippen LogP contribution in [-0.2, 0) is 23.6 Å². The molecule has 0 fully saturated rings. The van der Waals surface area contributed by atoms with Crippen LogP contribution in [0.15, 0.2) is 9.66 Å². The lowest BCUT2D eigenvalue weighted by Crippen LogP contribution is -2.36. The number of hydrogen-bond acceptors (Lipinski definition) is 5. The van der Waals surface area contributed by atoms with Crippen LogP contribution in [0.2, 0.25) is 19.6 Å². The Morgan fingerprint density at radius 2 is 1.41 bits per heavy atom. The first-order chi connectivity index (χ1) is 11.6. The maximum atomic E-state index is 12.1. The first kappa shape index (κ1) is 28.7. The topological polar surface area (TPSA) is 77.5 Å². The predicted octanol–water partition coefficient (Wildman–Crippen LogP) is 4.74. The Balaban J connectivity index is 0. The lowest BCUT2D eigenvalue weighted by Gasteiger charge is -2.17. The van der Waals surface area contributed by atoms with Gasteiger partial charge in [0.2, 0.25) is 8.32 Å². The van der Waals surface area contributed by atoms with Crippen LogP contribution < -0.4 is 0 Å². The highest BCUT2D eigenvalue weighted by Gasteiger charge is 2.49. The predicted molar refractivity (Wildman–Crippen MR) is 97.0 cm³/mol. The molecule has 27 heavy (non-hydrogen) atoms. The summed E-state index contributed by atoms with van der Waals surface area (Å²) in [6.07, 6.45) is -3.73. The molecule has 0 radical (unpaired) electrons. The van der Waals surface area contributed by atoms with Crippen molar-refractivity contribution in [2.24, 2.45) is 5.92 Å². The van der Waals surface area contributed by atoms with E-state index in [1.165, 1.54) is 33.5 Å². The number of alkyl halides is 6. The SMILES string of the molecule is CC(=O)C(C/C=C(\I)C(F)(F)F)C(C)=O.C[Si](C)(C)OS(=O)(=O)C(F)(F)F. The van der Waals surface area contributed by atoms with Crippen LogP contribution in [0.1, 0.15) is 20.3 Å². The Morgan fingerprint density at radius 3 is 1.59 bits per heavy atom. The second-order valence-electron chi connectivity index (χ2n) is 6.15. The van der Waals surface area contributed by atoms with Gasteiger partial charge in [0.1, 0.15) is 11.6 Å². The van der Waals surface area contributed by atoms with Gasteiger partial charge in [0.25, 0.3) is 0 Å². The molecule has 0 aromatic heterocycles. The van der Waals surface area contributed by atoms with Crippen LogP contribution in [0.3, 0.4) is 0 Å². The Bertz CT molecular complexity index is 650. The van der Waals surface area contributed by atoms with Gasteiger partial charge in [0, 0.05) is 0 Å². The molecule has 5 nitrogen and oxygen atoms in total. The number of hydrogen-bond donors (Lipinski definition) is 0. The maximum Gasteiger partial charge on any atom is 0.522 e. The first-order valence-corrected chi connectivity index (χ1v) is 13.0. The van der Waals surface area contributed by atoms with Crippen LogP contribution in [0.4, 0.5) is 26.3 Å². The molecule has 0 aliphatic rings. The third-order valence-electron chi connectivity index (χ3n) is 2.43. The lowest BCUT2D eigenvalue weighted by molar-refractivity contribution is -0.130. The Hall–Kier alpha value is -0.483. The molecule has 0 atom stereocenters. The molecule has 160 valence electrons. The fraction of sp³-hybridized carbons (Fsp3) is 0.692. The van der Waals surface area contributed by atoms with E-state index in [1.807, 2.05) is 0 Å². The van der Waals surface area contributed by atoms with Gasteiger partial charge in [-0.15, -0.1) is 0 Å². The zero-order valence-electron chi connectivity index (χ0n) is 15.0. The normalized spacial score (nSPS) is 13.9. The quantitative estimate of drug-likeness (QED) is 0.155. The zero-order valence-corrected chi connectivity index (χ0v) is 18.9. The number of rotatable bonds is 6. The Labute approximate surface area is 167 Å². The van der Waals surface area contributed by atoms with E-state index >= 15 is 0 Å². The van der Waals surface area contributed by atoms with Gasteiger partial charge in [-0.05, 0) is 62.5 Å². The molecule has 0 spiro atoms. The molecule has 14 heteroatoms. The fourth-order valence-corrected chi connectivity index (χ4v) is 4.60. The van der Waals surface area contributed by atoms with Gasteiger partial charge in [-0.1, -0.05) is 6.08 Å². The monoisotopic (exact) mass is 556 g/mol. The first-order valence-electron chi connectivity index (χ1n) is 7.07. The van der Waals surface area contributed by atoms with Crippen molar-refractivity contribution >= 4 is 52.6 Å². The van der Waals surface area contributed by atoms with Crippen LogP contribution in [0, 0.1) is 5.92 Å². The highest BCUT2D eigenvalue weighted by molar-refractivity contribution is 14.1. The maximum absolute atomic E-state index is 12.1. The summed E-state index contributed by atoms with van der Waals surface area (Å²) in [6, 6.07) is 0. The molecule has 0 saturated carbocycles. The molecule has 0 N–H and O–H groups in total. The van der Waals surface area contributed by atoms with Crippen molar-refractivity contribution in [2.45, 2.75) is 51.6 Å². The van der Waals surface area contributed by atoms with Crippen molar-refractivity contribution in [3.63, 3.8) is 0 Å². The van der Waals surface area contributed by atoms with Crippen LogP contribution in [0.25, 0.3) is 0 Å². The van der Waals surface area contributed by atoms with Crippen molar-refractivity contribution < 1.29 is 48.2 Å². The third kappa shape index (κ3) is 12.6. The Kier molecular flexibility index (Phi) is 11.0. The molecule has 0 heterocycles. The summed E-state index contributed by atoms with van der Waals surface area (Å²) in [7, 11) is -8.10. The van der Waals surface area contributed by atoms with Gasteiger partial charge in [0.05, 0.1) is 9.50 Å². The van der Waals surface area contributed by atoms with Crippen molar-refractivity contribution in [3.05, 3.63) is 9.66 Å². The van der Waals surface area contributed by atoms with Crippen LogP contribution in [-0.4, -0.2) is 40.0 Å². The smallest absolute Gasteiger partial charge is 0.309 e. The van der Waals surface area contributed by atoms with E-state index in [0.717, 1.165) is 28.7 Å². The van der Waals surface area contributed by atoms with E-state index in [9.17, 15) is 44.3 Å². The molecule has 0 bridgehead atoms. The minimum atomic E-state index is -5.39. The number of Topliss-reactive ketones (excluding diaryl/α,β-unsaturated/α-hetero) is 2. The second kappa shape index (κ2) is 10.3. The van der Waals surface area contributed by atoms with Crippen molar-refractivity contribution in [1.29, 1.82) is 0 Å². The lowest BCUT2D eigenvalue weighted by atomic mass is 9.97. The average molecular weight is 556 g/mol. The second-order valence-corrected chi connectivity index (χ2v) is 13.6. The molecule has 0 aromatic carbocycles. The van der Waals surface area contributed by atoms with Gasteiger partial charge < -0.3 is 3.87 Å². The van der Waals surface area contributed by atoms with Crippen molar-refractivity contribution in [1.82, 2.24) is 0 Å². The number of carbonyl (C=O) groups excluding carboxylic acids is 2. The highest BCUT2D eigenvalue weighted by Crippen LogP contribution is 2.31. The van der Waals surface area contributed by atoms with Crippen LogP contribution >= 0.6 is 22.6 Å². The summed E-state index contributed by atoms with van der Waals surface area (Å²) in [5, 5.41) is 0.